The second-order valence-corrected chi connectivity index (χ2v) is 10.8. The summed E-state index contributed by atoms with van der Waals surface area (Å²) in [5, 5.41) is 5.85. The highest BCUT2D eigenvalue weighted by atomic mass is 32.2. The topological polar surface area (TPSA) is 105 Å². The summed E-state index contributed by atoms with van der Waals surface area (Å²) in [6.07, 6.45) is 3.96. The van der Waals surface area contributed by atoms with Crippen molar-refractivity contribution in [2.45, 2.75) is 43.0 Å². The fourth-order valence-corrected chi connectivity index (χ4v) is 6.42. The number of sulfonamides is 1. The zero-order valence-electron chi connectivity index (χ0n) is 18.2. The molecular weight excluding hydrogens is 442 g/mol. The van der Waals surface area contributed by atoms with Crippen LogP contribution in [0.1, 0.15) is 42.9 Å². The first-order valence-electron chi connectivity index (χ1n) is 11.4. The lowest BCUT2D eigenvalue weighted by molar-refractivity contribution is -0.127. The lowest BCUT2D eigenvalue weighted by Gasteiger charge is -2.33. The molecule has 0 bridgehead atoms. The van der Waals surface area contributed by atoms with Crippen LogP contribution in [0, 0.1) is 5.92 Å². The number of nitrogens with one attached hydrogen (secondary N) is 2. The van der Waals surface area contributed by atoms with Crippen LogP contribution in [0.2, 0.25) is 0 Å². The van der Waals surface area contributed by atoms with Crippen molar-refractivity contribution < 1.29 is 22.7 Å². The number of benzene rings is 2. The molecule has 1 fully saturated rings. The van der Waals surface area contributed by atoms with E-state index in [1.54, 1.807) is 6.07 Å². The first-order valence-corrected chi connectivity index (χ1v) is 12.8. The smallest absolute Gasteiger partial charge is 0.262 e. The maximum atomic E-state index is 13.2. The van der Waals surface area contributed by atoms with E-state index in [-0.39, 0.29) is 48.4 Å². The Kier molecular flexibility index (Phi) is 5.84. The van der Waals surface area contributed by atoms with Gasteiger partial charge in [-0.15, -0.1) is 0 Å². The fraction of sp³-hybridized carbons (Fsp3) is 0.417. The first-order chi connectivity index (χ1) is 15.9. The predicted molar refractivity (Wildman–Crippen MR) is 122 cm³/mol. The van der Waals surface area contributed by atoms with E-state index in [1.165, 1.54) is 27.6 Å². The van der Waals surface area contributed by atoms with E-state index >= 15 is 0 Å². The molecule has 1 unspecified atom stereocenters. The first kappa shape index (κ1) is 21.9. The summed E-state index contributed by atoms with van der Waals surface area (Å²) in [5.74, 6) is -0.0677. The zero-order chi connectivity index (χ0) is 23.0. The summed E-state index contributed by atoms with van der Waals surface area (Å²) in [7, 11) is -3.73. The number of hydrogen-bond acceptors (Lipinski definition) is 5. The Labute approximate surface area is 193 Å². The van der Waals surface area contributed by atoms with Gasteiger partial charge in [0.2, 0.25) is 15.9 Å². The Morgan fingerprint density at radius 3 is 2.70 bits per heavy atom. The highest BCUT2D eigenvalue weighted by molar-refractivity contribution is 7.89. The highest BCUT2D eigenvalue weighted by Crippen LogP contribution is 2.33. The number of fused-ring (bicyclic) bond motifs is 2. The molecule has 9 heteroatoms. The van der Waals surface area contributed by atoms with Crippen molar-refractivity contribution in [3.05, 3.63) is 53.6 Å². The van der Waals surface area contributed by atoms with Gasteiger partial charge in [0, 0.05) is 19.0 Å². The molecule has 1 atom stereocenters. The van der Waals surface area contributed by atoms with Crippen LogP contribution in [0.25, 0.3) is 0 Å². The van der Waals surface area contributed by atoms with Crippen LogP contribution >= 0.6 is 0 Å². The third kappa shape index (κ3) is 4.35. The maximum absolute atomic E-state index is 13.2. The van der Waals surface area contributed by atoms with Crippen LogP contribution in [0.5, 0.6) is 5.75 Å². The summed E-state index contributed by atoms with van der Waals surface area (Å²) in [5.41, 5.74) is 2.84. The van der Waals surface area contributed by atoms with E-state index in [0.717, 1.165) is 19.3 Å². The minimum absolute atomic E-state index is 0.00222. The van der Waals surface area contributed by atoms with Crippen LogP contribution in [0.4, 0.5) is 5.69 Å². The van der Waals surface area contributed by atoms with E-state index in [4.69, 9.17) is 4.74 Å². The second kappa shape index (κ2) is 8.79. The number of amides is 2. The Morgan fingerprint density at radius 2 is 1.88 bits per heavy atom. The lowest BCUT2D eigenvalue weighted by atomic mass is 9.87. The molecule has 1 aliphatic carbocycles. The molecule has 0 spiro atoms. The van der Waals surface area contributed by atoms with Crippen LogP contribution in [-0.2, 0) is 26.0 Å². The second-order valence-electron chi connectivity index (χ2n) is 8.83. The number of nitrogens with zero attached hydrogens (tertiary/aromatic N) is 1. The molecule has 3 aliphatic rings. The Hall–Kier alpha value is -2.91. The van der Waals surface area contributed by atoms with Crippen LogP contribution < -0.4 is 15.4 Å². The Balaban J connectivity index is 1.22. The maximum Gasteiger partial charge on any atom is 0.262 e. The fourth-order valence-electron chi connectivity index (χ4n) is 4.92. The summed E-state index contributed by atoms with van der Waals surface area (Å²) in [6, 6.07) is 12.7. The molecule has 0 radical (unpaired) electrons. The quantitative estimate of drug-likeness (QED) is 0.716. The molecule has 2 N–H and O–H groups in total. The molecule has 2 aliphatic heterocycles. The van der Waals surface area contributed by atoms with E-state index in [1.807, 2.05) is 12.1 Å². The van der Waals surface area contributed by atoms with Gasteiger partial charge in [0.05, 0.1) is 16.6 Å². The van der Waals surface area contributed by atoms with Crippen molar-refractivity contribution in [2.24, 2.45) is 5.92 Å². The summed E-state index contributed by atoms with van der Waals surface area (Å²) < 4.78 is 33.0. The van der Waals surface area contributed by atoms with Crippen molar-refractivity contribution in [1.29, 1.82) is 0 Å². The number of aryl methyl sites for hydroxylation is 1. The summed E-state index contributed by atoms with van der Waals surface area (Å²) >= 11 is 0. The van der Waals surface area contributed by atoms with Crippen molar-refractivity contribution in [2.75, 3.05) is 25.0 Å². The Bertz CT molecular complexity index is 1190. The van der Waals surface area contributed by atoms with E-state index in [0.29, 0.717) is 24.3 Å². The molecule has 0 saturated carbocycles. The normalized spacial score (nSPS) is 21.3. The lowest BCUT2D eigenvalue weighted by Crippen LogP contribution is -2.44. The van der Waals surface area contributed by atoms with Gasteiger partial charge in [-0.1, -0.05) is 24.3 Å². The van der Waals surface area contributed by atoms with Crippen molar-refractivity contribution in [3.63, 3.8) is 0 Å². The van der Waals surface area contributed by atoms with Gasteiger partial charge in [0.1, 0.15) is 5.75 Å². The van der Waals surface area contributed by atoms with Crippen molar-refractivity contribution in [1.82, 2.24) is 9.62 Å². The van der Waals surface area contributed by atoms with E-state index < -0.39 is 10.0 Å². The van der Waals surface area contributed by atoms with Gasteiger partial charge in [0.25, 0.3) is 5.91 Å². The van der Waals surface area contributed by atoms with Gasteiger partial charge >= 0.3 is 0 Å². The molecule has 2 aromatic rings. The largest absolute Gasteiger partial charge is 0.482 e. The highest BCUT2D eigenvalue weighted by Gasteiger charge is 2.34. The average molecular weight is 470 g/mol. The molecule has 2 heterocycles. The molecule has 0 aromatic heterocycles. The standard InChI is InChI=1S/C24H27N3O5S/c28-23-15-32-22-9-8-18(14-21(22)25-23)33(30,31)27-12-10-17(11-13-27)24(29)26-20-7-3-5-16-4-1-2-6-19(16)20/h1-2,4,6,8-9,14,17,20H,3,5,7,10-13,15H2,(H,25,28)(H,26,29). The van der Waals surface area contributed by atoms with Gasteiger partial charge in [-0.3, -0.25) is 9.59 Å². The molecule has 1 saturated heterocycles. The van der Waals surface area contributed by atoms with Crippen LogP contribution in [0.15, 0.2) is 47.4 Å². The van der Waals surface area contributed by atoms with Crippen LogP contribution in [-0.4, -0.2) is 44.2 Å². The number of ether oxygens (including phenoxy) is 1. The minimum Gasteiger partial charge on any atom is -0.482 e. The van der Waals surface area contributed by atoms with Gasteiger partial charge in [-0.2, -0.15) is 4.31 Å². The van der Waals surface area contributed by atoms with E-state index in [9.17, 15) is 18.0 Å². The number of hydrogen-bond donors (Lipinski definition) is 2. The molecule has 2 aromatic carbocycles. The third-order valence-corrected chi connectivity index (χ3v) is 8.63. The molecular formula is C24H27N3O5S. The minimum atomic E-state index is -3.73. The molecule has 174 valence electrons. The zero-order valence-corrected chi connectivity index (χ0v) is 19.1. The molecule has 2 amide bonds. The molecule has 5 rings (SSSR count). The number of anilines is 1. The number of piperidine rings is 1. The number of carbonyl (C=O) groups is 2. The van der Waals surface area contributed by atoms with Crippen LogP contribution in [0.3, 0.4) is 0 Å². The van der Waals surface area contributed by atoms with Crippen molar-refractivity contribution in [3.8, 4) is 5.75 Å². The molecule has 8 nitrogen and oxygen atoms in total. The van der Waals surface area contributed by atoms with Gasteiger partial charge < -0.3 is 15.4 Å². The predicted octanol–water partition coefficient (Wildman–Crippen LogP) is 2.61. The van der Waals surface area contributed by atoms with Crippen molar-refractivity contribution >= 4 is 27.5 Å². The monoisotopic (exact) mass is 469 g/mol. The molecule has 33 heavy (non-hydrogen) atoms. The van der Waals surface area contributed by atoms with Gasteiger partial charge in [-0.05, 0) is 61.4 Å². The van der Waals surface area contributed by atoms with Gasteiger partial charge in [-0.25, -0.2) is 8.42 Å². The SMILES string of the molecule is O=C1COc2ccc(S(=O)(=O)N3CCC(C(=O)NC4CCCc5ccccc54)CC3)cc2N1. The van der Waals surface area contributed by atoms with E-state index in [2.05, 4.69) is 22.8 Å². The third-order valence-electron chi connectivity index (χ3n) is 6.73. The number of carbonyl (C=O) groups excluding carboxylic acids is 2. The average Bonchev–Trinajstić information content (AvgIpc) is 2.84. The summed E-state index contributed by atoms with van der Waals surface area (Å²) in [6.45, 7) is 0.477. The van der Waals surface area contributed by atoms with Gasteiger partial charge in [0.15, 0.2) is 6.61 Å². The number of rotatable bonds is 4. The Morgan fingerprint density at radius 1 is 1.09 bits per heavy atom. The summed E-state index contributed by atoms with van der Waals surface area (Å²) in [4.78, 5) is 24.6.